The molecule has 0 fully saturated rings. The van der Waals surface area contributed by atoms with E-state index in [0.717, 1.165) is 56.4 Å². The summed E-state index contributed by atoms with van der Waals surface area (Å²) in [7, 11) is 1.76. The number of carbonyl (C=O) groups excluding carboxylic acids is 1. The van der Waals surface area contributed by atoms with Crippen LogP contribution in [-0.2, 0) is 30.7 Å². The summed E-state index contributed by atoms with van der Waals surface area (Å²) in [6, 6.07) is 8.28. The molecule has 3 rings (SSSR count). The van der Waals surface area contributed by atoms with Gasteiger partial charge < -0.3 is 15.5 Å². The van der Waals surface area contributed by atoms with E-state index in [1.54, 1.807) is 18.4 Å². The zero-order chi connectivity index (χ0) is 19.8. The molecule has 1 amide bonds. The Morgan fingerprint density at radius 2 is 1.93 bits per heavy atom. The summed E-state index contributed by atoms with van der Waals surface area (Å²) in [5.41, 5.74) is 2.54. The fraction of sp³-hybridized carbons (Fsp3) is 0.476. The third-order valence-electron chi connectivity index (χ3n) is 4.86. The molecule has 0 atom stereocenters. The summed E-state index contributed by atoms with van der Waals surface area (Å²) in [5, 5.41) is 7.75. The van der Waals surface area contributed by atoms with Gasteiger partial charge in [-0.2, -0.15) is 0 Å². The number of guanidine groups is 1. The Labute approximate surface area is 171 Å². The van der Waals surface area contributed by atoms with E-state index in [4.69, 9.17) is 0 Å². The van der Waals surface area contributed by atoms with E-state index in [0.29, 0.717) is 6.42 Å². The standard InChI is InChI=1S/C21H29N5OS/c1-3-18-13-25-19(28-18)10-12-24-21(22-2)23-11-6-9-20(27)26-14-16-7-4-5-8-17(16)15-26/h4-5,7-8,13H,3,6,9-12,14-15H2,1-2H3,(H2,22,23,24). The number of hydrogen-bond donors (Lipinski definition) is 2. The lowest BCUT2D eigenvalue weighted by Crippen LogP contribution is -2.39. The summed E-state index contributed by atoms with van der Waals surface area (Å²) in [6.07, 6.45) is 5.23. The van der Waals surface area contributed by atoms with Crippen LogP contribution in [0.5, 0.6) is 0 Å². The number of amides is 1. The van der Waals surface area contributed by atoms with Crippen LogP contribution in [0.1, 0.15) is 40.8 Å². The van der Waals surface area contributed by atoms with Crippen LogP contribution >= 0.6 is 11.3 Å². The first-order chi connectivity index (χ1) is 13.7. The predicted octanol–water partition coefficient (Wildman–Crippen LogP) is 2.74. The number of benzene rings is 1. The second-order valence-corrected chi connectivity index (χ2v) is 8.07. The van der Waals surface area contributed by atoms with Crippen LogP contribution in [0, 0.1) is 0 Å². The summed E-state index contributed by atoms with van der Waals surface area (Å²) in [4.78, 5) is 24.4. The zero-order valence-corrected chi connectivity index (χ0v) is 17.5. The summed E-state index contributed by atoms with van der Waals surface area (Å²) in [6.45, 7) is 5.14. The van der Waals surface area contributed by atoms with Crippen molar-refractivity contribution in [2.45, 2.75) is 45.7 Å². The van der Waals surface area contributed by atoms with E-state index in [1.807, 2.05) is 23.2 Å². The molecule has 0 bridgehead atoms. The van der Waals surface area contributed by atoms with Crippen molar-refractivity contribution in [3.63, 3.8) is 0 Å². The van der Waals surface area contributed by atoms with Crippen LogP contribution in [0.25, 0.3) is 0 Å². The smallest absolute Gasteiger partial charge is 0.223 e. The molecule has 2 N–H and O–H groups in total. The van der Waals surface area contributed by atoms with Crippen molar-refractivity contribution >= 4 is 23.2 Å². The van der Waals surface area contributed by atoms with Crippen molar-refractivity contribution in [2.75, 3.05) is 20.1 Å². The molecule has 2 aromatic rings. The molecule has 0 radical (unpaired) electrons. The first-order valence-electron chi connectivity index (χ1n) is 9.92. The van der Waals surface area contributed by atoms with Crippen LogP contribution in [-0.4, -0.2) is 41.9 Å². The fourth-order valence-electron chi connectivity index (χ4n) is 3.25. The number of nitrogens with one attached hydrogen (secondary N) is 2. The lowest BCUT2D eigenvalue weighted by Gasteiger charge is -2.16. The van der Waals surface area contributed by atoms with Crippen LogP contribution in [0.3, 0.4) is 0 Å². The molecule has 0 saturated carbocycles. The Morgan fingerprint density at radius 1 is 1.21 bits per heavy atom. The number of nitrogens with zero attached hydrogens (tertiary/aromatic N) is 3. The average molecular weight is 400 g/mol. The lowest BCUT2D eigenvalue weighted by molar-refractivity contribution is -0.131. The van der Waals surface area contributed by atoms with Gasteiger partial charge in [0.15, 0.2) is 5.96 Å². The van der Waals surface area contributed by atoms with Crippen LogP contribution in [0.2, 0.25) is 0 Å². The lowest BCUT2D eigenvalue weighted by atomic mass is 10.1. The number of aromatic nitrogens is 1. The number of aryl methyl sites for hydroxylation is 1. The molecule has 150 valence electrons. The molecule has 0 aliphatic carbocycles. The highest BCUT2D eigenvalue weighted by Crippen LogP contribution is 2.22. The van der Waals surface area contributed by atoms with Gasteiger partial charge in [-0.15, -0.1) is 11.3 Å². The van der Waals surface area contributed by atoms with Crippen LogP contribution in [0.4, 0.5) is 0 Å². The van der Waals surface area contributed by atoms with E-state index in [9.17, 15) is 4.79 Å². The Morgan fingerprint density at radius 3 is 2.57 bits per heavy atom. The second-order valence-electron chi connectivity index (χ2n) is 6.87. The third-order valence-corrected chi connectivity index (χ3v) is 6.06. The van der Waals surface area contributed by atoms with Gasteiger partial charge in [0.25, 0.3) is 0 Å². The highest BCUT2D eigenvalue weighted by atomic mass is 32.1. The number of carbonyl (C=O) groups is 1. The Bertz CT molecular complexity index is 792. The van der Waals surface area contributed by atoms with Gasteiger partial charge in [-0.05, 0) is 24.0 Å². The Hall–Kier alpha value is -2.41. The Kier molecular flexibility index (Phi) is 7.42. The topological polar surface area (TPSA) is 69.6 Å². The van der Waals surface area contributed by atoms with Crippen molar-refractivity contribution in [1.82, 2.24) is 20.5 Å². The van der Waals surface area contributed by atoms with Crippen LogP contribution in [0.15, 0.2) is 35.5 Å². The van der Waals surface area contributed by atoms with Gasteiger partial charge in [-0.1, -0.05) is 31.2 Å². The van der Waals surface area contributed by atoms with E-state index < -0.39 is 0 Å². The number of fused-ring (bicyclic) bond motifs is 1. The molecule has 0 unspecified atom stereocenters. The SMILES string of the molecule is CCc1cnc(CCNC(=NC)NCCCC(=O)N2Cc3ccccc3C2)s1. The molecule has 1 aromatic carbocycles. The number of thiazole rings is 1. The van der Waals surface area contributed by atoms with Crippen molar-refractivity contribution in [2.24, 2.45) is 4.99 Å². The fourth-order valence-corrected chi connectivity index (χ4v) is 4.11. The third kappa shape index (κ3) is 5.55. The molecule has 28 heavy (non-hydrogen) atoms. The van der Waals surface area contributed by atoms with E-state index in [1.165, 1.54) is 16.0 Å². The highest BCUT2D eigenvalue weighted by molar-refractivity contribution is 7.11. The minimum Gasteiger partial charge on any atom is -0.356 e. The number of aliphatic imine (C=N–C) groups is 1. The number of rotatable bonds is 8. The molecule has 2 heterocycles. The maximum Gasteiger partial charge on any atom is 0.223 e. The molecule has 1 aliphatic rings. The van der Waals surface area contributed by atoms with Gasteiger partial charge in [0.2, 0.25) is 5.91 Å². The van der Waals surface area contributed by atoms with Crippen molar-refractivity contribution in [1.29, 1.82) is 0 Å². The van der Waals surface area contributed by atoms with Crippen molar-refractivity contribution in [3.05, 3.63) is 51.5 Å². The molecule has 0 spiro atoms. The minimum atomic E-state index is 0.219. The monoisotopic (exact) mass is 399 g/mol. The maximum atomic E-state index is 12.4. The first-order valence-corrected chi connectivity index (χ1v) is 10.7. The summed E-state index contributed by atoms with van der Waals surface area (Å²) in [5.74, 6) is 0.991. The molecule has 1 aromatic heterocycles. The van der Waals surface area contributed by atoms with Crippen molar-refractivity contribution in [3.8, 4) is 0 Å². The predicted molar refractivity (Wildman–Crippen MR) is 114 cm³/mol. The van der Waals surface area contributed by atoms with Gasteiger partial charge in [0, 0.05) is 57.1 Å². The summed E-state index contributed by atoms with van der Waals surface area (Å²) >= 11 is 1.77. The van der Waals surface area contributed by atoms with Crippen LogP contribution < -0.4 is 10.6 Å². The van der Waals surface area contributed by atoms with Gasteiger partial charge in [0.1, 0.15) is 0 Å². The minimum absolute atomic E-state index is 0.219. The molecular formula is C21H29N5OS. The van der Waals surface area contributed by atoms with Gasteiger partial charge in [-0.3, -0.25) is 9.79 Å². The zero-order valence-electron chi connectivity index (χ0n) is 16.7. The summed E-state index contributed by atoms with van der Waals surface area (Å²) < 4.78 is 0. The quantitative estimate of drug-likeness (QED) is 0.407. The molecule has 7 heteroatoms. The Balaban J connectivity index is 1.31. The van der Waals surface area contributed by atoms with E-state index in [2.05, 4.69) is 39.7 Å². The van der Waals surface area contributed by atoms with Gasteiger partial charge in [-0.25, -0.2) is 4.98 Å². The van der Waals surface area contributed by atoms with E-state index in [-0.39, 0.29) is 5.91 Å². The van der Waals surface area contributed by atoms with Crippen molar-refractivity contribution < 1.29 is 4.79 Å². The molecule has 0 saturated heterocycles. The number of hydrogen-bond acceptors (Lipinski definition) is 4. The average Bonchev–Trinajstić information content (AvgIpc) is 3.36. The van der Waals surface area contributed by atoms with E-state index >= 15 is 0 Å². The maximum absolute atomic E-state index is 12.4. The molecule has 6 nitrogen and oxygen atoms in total. The van der Waals surface area contributed by atoms with Gasteiger partial charge >= 0.3 is 0 Å². The largest absolute Gasteiger partial charge is 0.356 e. The van der Waals surface area contributed by atoms with Gasteiger partial charge in [0.05, 0.1) is 5.01 Å². The highest BCUT2D eigenvalue weighted by Gasteiger charge is 2.22. The first kappa shape index (κ1) is 20.3. The molecule has 1 aliphatic heterocycles. The normalized spacial score (nSPS) is 13.5. The second kappa shape index (κ2) is 10.2. The molecular weight excluding hydrogens is 370 g/mol.